The number of hydrogen-bond donors (Lipinski definition) is 1. The van der Waals surface area contributed by atoms with Gasteiger partial charge in [-0.15, -0.1) is 0 Å². The first kappa shape index (κ1) is 11.2. The lowest BCUT2D eigenvalue weighted by atomic mass is 9.73. The summed E-state index contributed by atoms with van der Waals surface area (Å²) in [4.78, 5) is 11.8. The highest BCUT2D eigenvalue weighted by atomic mass is 19.1. The normalized spacial score (nSPS) is 17.9. The van der Waals surface area contributed by atoms with Gasteiger partial charge in [-0.3, -0.25) is 4.79 Å². The first-order chi connectivity index (χ1) is 7.49. The van der Waals surface area contributed by atoms with E-state index in [0.29, 0.717) is 18.4 Å². The van der Waals surface area contributed by atoms with Gasteiger partial charge in [-0.1, -0.05) is 0 Å². The fraction of sp³-hybridized carbons (Fsp3) is 0.417. The number of ketones is 1. The van der Waals surface area contributed by atoms with Crippen molar-refractivity contribution in [3.05, 3.63) is 35.4 Å². The van der Waals surface area contributed by atoms with Crippen molar-refractivity contribution in [2.75, 3.05) is 0 Å². The van der Waals surface area contributed by atoms with Crippen LogP contribution in [-0.2, 0) is 11.2 Å². The fourth-order valence-corrected chi connectivity index (χ4v) is 1.91. The largest absolute Gasteiger partial charge is 0.319 e. The molecule has 0 bridgehead atoms. The fourth-order valence-electron chi connectivity index (χ4n) is 1.91. The molecule has 0 aromatic heterocycles. The molecule has 0 amide bonds. The third kappa shape index (κ3) is 2.11. The quantitative estimate of drug-likeness (QED) is 0.854. The van der Waals surface area contributed by atoms with Crippen LogP contribution in [0.3, 0.4) is 0 Å². The molecule has 2 nitrogen and oxygen atoms in total. The molecular weight excluding hydrogens is 212 g/mol. The molecule has 0 spiro atoms. The van der Waals surface area contributed by atoms with E-state index in [9.17, 15) is 13.6 Å². The van der Waals surface area contributed by atoms with E-state index in [0.717, 1.165) is 12.5 Å². The molecule has 1 aliphatic carbocycles. The molecule has 0 heterocycles. The van der Waals surface area contributed by atoms with Gasteiger partial charge in [0.1, 0.15) is 11.6 Å². The second-order valence-electron chi connectivity index (χ2n) is 4.39. The number of Topliss-reactive ketones (excluding diaryl/α,β-unsaturated/α-hetero) is 1. The van der Waals surface area contributed by atoms with E-state index < -0.39 is 17.2 Å². The lowest BCUT2D eigenvalue weighted by Crippen LogP contribution is -2.54. The lowest BCUT2D eigenvalue weighted by Gasteiger charge is -2.36. The van der Waals surface area contributed by atoms with Crippen molar-refractivity contribution >= 4 is 5.78 Å². The zero-order chi connectivity index (χ0) is 11.8. The van der Waals surface area contributed by atoms with Crippen LogP contribution >= 0.6 is 0 Å². The molecule has 1 saturated carbocycles. The second-order valence-corrected chi connectivity index (χ2v) is 4.39. The van der Waals surface area contributed by atoms with Crippen molar-refractivity contribution in [2.24, 2.45) is 5.73 Å². The Balaban J connectivity index is 2.11. The van der Waals surface area contributed by atoms with Gasteiger partial charge in [-0.05, 0) is 37.0 Å². The van der Waals surface area contributed by atoms with Crippen LogP contribution in [-0.4, -0.2) is 11.3 Å². The van der Waals surface area contributed by atoms with E-state index in [-0.39, 0.29) is 12.2 Å². The van der Waals surface area contributed by atoms with Gasteiger partial charge < -0.3 is 5.73 Å². The van der Waals surface area contributed by atoms with Crippen LogP contribution in [0.4, 0.5) is 8.78 Å². The summed E-state index contributed by atoms with van der Waals surface area (Å²) >= 11 is 0. The molecule has 1 aromatic carbocycles. The molecule has 0 unspecified atom stereocenters. The summed E-state index contributed by atoms with van der Waals surface area (Å²) < 4.78 is 25.8. The number of benzene rings is 1. The molecule has 1 aromatic rings. The number of carbonyl (C=O) groups is 1. The molecule has 2 rings (SSSR count). The highest BCUT2D eigenvalue weighted by molar-refractivity contribution is 5.90. The van der Waals surface area contributed by atoms with Crippen LogP contribution in [0.1, 0.15) is 24.8 Å². The third-order valence-corrected chi connectivity index (χ3v) is 3.09. The molecular formula is C12H13F2NO. The van der Waals surface area contributed by atoms with E-state index in [4.69, 9.17) is 5.73 Å². The van der Waals surface area contributed by atoms with E-state index in [1.54, 1.807) is 0 Å². The number of carbonyl (C=O) groups excluding carboxylic acids is 1. The number of hydrogen-bond acceptors (Lipinski definition) is 2. The zero-order valence-electron chi connectivity index (χ0n) is 8.80. The lowest BCUT2D eigenvalue weighted by molar-refractivity contribution is -0.126. The van der Waals surface area contributed by atoms with Crippen LogP contribution in [0.5, 0.6) is 0 Å². The van der Waals surface area contributed by atoms with E-state index in [2.05, 4.69) is 0 Å². The SMILES string of the molecule is NC1(C(=O)Cc2cc(F)cc(F)c2)CCC1. The summed E-state index contributed by atoms with van der Waals surface area (Å²) in [6.07, 6.45) is 2.29. The summed E-state index contributed by atoms with van der Waals surface area (Å²) in [7, 11) is 0. The molecule has 1 fully saturated rings. The van der Waals surface area contributed by atoms with Gasteiger partial charge in [0.25, 0.3) is 0 Å². The van der Waals surface area contributed by atoms with Crippen LogP contribution in [0, 0.1) is 11.6 Å². The average Bonchev–Trinajstić information content (AvgIpc) is 2.12. The monoisotopic (exact) mass is 225 g/mol. The minimum absolute atomic E-state index is 0.00514. The van der Waals surface area contributed by atoms with Gasteiger partial charge in [0.2, 0.25) is 0 Å². The predicted molar refractivity (Wildman–Crippen MR) is 55.8 cm³/mol. The first-order valence-electron chi connectivity index (χ1n) is 5.27. The Kier molecular flexibility index (Phi) is 2.76. The maximum atomic E-state index is 12.9. The third-order valence-electron chi connectivity index (χ3n) is 3.09. The minimum Gasteiger partial charge on any atom is -0.319 e. The molecule has 1 aliphatic rings. The second kappa shape index (κ2) is 3.94. The van der Waals surface area contributed by atoms with Gasteiger partial charge in [-0.2, -0.15) is 0 Å². The maximum Gasteiger partial charge on any atom is 0.156 e. The van der Waals surface area contributed by atoms with E-state index >= 15 is 0 Å². The van der Waals surface area contributed by atoms with E-state index in [1.165, 1.54) is 12.1 Å². The topological polar surface area (TPSA) is 43.1 Å². The molecule has 0 atom stereocenters. The van der Waals surface area contributed by atoms with Crippen LogP contribution in [0.25, 0.3) is 0 Å². The van der Waals surface area contributed by atoms with Gasteiger partial charge in [-0.25, -0.2) is 8.78 Å². The molecule has 16 heavy (non-hydrogen) atoms. The average molecular weight is 225 g/mol. The van der Waals surface area contributed by atoms with Crippen molar-refractivity contribution in [3.63, 3.8) is 0 Å². The summed E-state index contributed by atoms with van der Waals surface area (Å²) in [6, 6.07) is 3.13. The van der Waals surface area contributed by atoms with E-state index in [1.807, 2.05) is 0 Å². The number of halogens is 2. The summed E-state index contributed by atoms with van der Waals surface area (Å²) in [5, 5.41) is 0. The van der Waals surface area contributed by atoms with Gasteiger partial charge >= 0.3 is 0 Å². The van der Waals surface area contributed by atoms with Crippen molar-refractivity contribution in [2.45, 2.75) is 31.2 Å². The Bertz CT molecular complexity index is 407. The minimum atomic E-state index is -0.761. The highest BCUT2D eigenvalue weighted by Gasteiger charge is 2.39. The van der Waals surface area contributed by atoms with Crippen molar-refractivity contribution < 1.29 is 13.6 Å². The molecule has 0 radical (unpaired) electrons. The molecule has 86 valence electrons. The summed E-state index contributed by atoms with van der Waals surface area (Å²) in [5.41, 5.74) is 5.42. The van der Waals surface area contributed by atoms with Crippen LogP contribution < -0.4 is 5.73 Å². The Labute approximate surface area is 92.4 Å². The Morgan fingerprint density at radius 3 is 2.25 bits per heavy atom. The summed E-state index contributed by atoms with van der Waals surface area (Å²) in [5.74, 6) is -1.46. The van der Waals surface area contributed by atoms with Crippen molar-refractivity contribution in [3.8, 4) is 0 Å². The van der Waals surface area contributed by atoms with Crippen molar-refractivity contribution in [1.82, 2.24) is 0 Å². The van der Waals surface area contributed by atoms with Gasteiger partial charge in [0.15, 0.2) is 5.78 Å². The predicted octanol–water partition coefficient (Wildman–Crippen LogP) is 1.96. The molecule has 4 heteroatoms. The van der Waals surface area contributed by atoms with Gasteiger partial charge in [0.05, 0.1) is 5.54 Å². The zero-order valence-corrected chi connectivity index (χ0v) is 8.80. The Morgan fingerprint density at radius 1 is 1.25 bits per heavy atom. The van der Waals surface area contributed by atoms with Crippen LogP contribution in [0.2, 0.25) is 0 Å². The van der Waals surface area contributed by atoms with Gasteiger partial charge in [0, 0.05) is 12.5 Å². The van der Waals surface area contributed by atoms with Crippen molar-refractivity contribution in [1.29, 1.82) is 0 Å². The Morgan fingerprint density at radius 2 is 1.81 bits per heavy atom. The molecule has 0 aliphatic heterocycles. The van der Waals surface area contributed by atoms with Crippen LogP contribution in [0.15, 0.2) is 18.2 Å². The number of rotatable bonds is 3. The molecule has 2 N–H and O–H groups in total. The smallest absolute Gasteiger partial charge is 0.156 e. The first-order valence-corrected chi connectivity index (χ1v) is 5.27. The maximum absolute atomic E-state index is 12.9. The summed E-state index contributed by atoms with van der Waals surface area (Å²) in [6.45, 7) is 0. The number of nitrogens with two attached hydrogens (primary N) is 1. The standard InChI is InChI=1S/C12H13F2NO/c13-9-4-8(5-10(14)7-9)6-11(16)12(15)2-1-3-12/h4-5,7H,1-3,6,15H2. The highest BCUT2D eigenvalue weighted by Crippen LogP contribution is 2.31. The molecule has 0 saturated heterocycles. The Hall–Kier alpha value is -1.29.